The fourth-order valence-corrected chi connectivity index (χ4v) is 3.71. The quantitative estimate of drug-likeness (QED) is 0.788. The van der Waals surface area contributed by atoms with Gasteiger partial charge in [0.15, 0.2) is 0 Å². The summed E-state index contributed by atoms with van der Waals surface area (Å²) in [5, 5.41) is 5.87. The Balaban J connectivity index is 1.65. The summed E-state index contributed by atoms with van der Waals surface area (Å²) in [7, 11) is 1.86. The SMILES string of the molecule is CN1CCC(n2ncc3ccc(B4OC(C)(C)C(C)(C)O4)cc32)CC1. The first-order valence-electron chi connectivity index (χ1n) is 9.28. The van der Waals surface area contributed by atoms with Crippen molar-refractivity contribution >= 4 is 23.5 Å². The van der Waals surface area contributed by atoms with Gasteiger partial charge in [0.25, 0.3) is 0 Å². The van der Waals surface area contributed by atoms with Crippen molar-refractivity contribution in [2.75, 3.05) is 20.1 Å². The summed E-state index contributed by atoms with van der Waals surface area (Å²) in [5.41, 5.74) is 1.62. The van der Waals surface area contributed by atoms with E-state index in [1.54, 1.807) is 0 Å². The zero-order valence-corrected chi connectivity index (χ0v) is 16.0. The number of nitrogens with zero attached hydrogens (tertiary/aromatic N) is 3. The fraction of sp³-hybridized carbons (Fsp3) is 0.632. The molecule has 3 heterocycles. The van der Waals surface area contributed by atoms with Crippen LogP contribution in [0.2, 0.25) is 0 Å². The summed E-state index contributed by atoms with van der Waals surface area (Å²) in [6, 6.07) is 6.91. The van der Waals surface area contributed by atoms with Gasteiger partial charge in [-0.25, -0.2) is 0 Å². The highest BCUT2D eigenvalue weighted by atomic mass is 16.7. The number of likely N-dealkylation sites (tertiary alicyclic amines) is 1. The molecule has 2 aliphatic rings. The van der Waals surface area contributed by atoms with Gasteiger partial charge in [-0.3, -0.25) is 4.68 Å². The average Bonchev–Trinajstić information content (AvgIpc) is 3.06. The molecular formula is C19H28BN3O2. The normalized spacial score (nSPS) is 24.3. The lowest BCUT2D eigenvalue weighted by atomic mass is 9.79. The molecule has 2 aromatic rings. The summed E-state index contributed by atoms with van der Waals surface area (Å²) in [6.07, 6.45) is 4.27. The summed E-state index contributed by atoms with van der Waals surface area (Å²) in [4.78, 5) is 2.39. The molecule has 2 aliphatic heterocycles. The highest BCUT2D eigenvalue weighted by Gasteiger charge is 2.51. The van der Waals surface area contributed by atoms with Crippen LogP contribution in [0.15, 0.2) is 24.4 Å². The standard InChI is InChI=1S/C19H28BN3O2/c1-18(2)19(3,4)25-20(24-18)15-7-6-14-13-21-23(17(14)12-15)16-8-10-22(5)11-9-16/h6-7,12-13,16H,8-11H2,1-5H3. The molecule has 0 bridgehead atoms. The van der Waals surface area contributed by atoms with Crippen molar-refractivity contribution in [3.05, 3.63) is 24.4 Å². The Labute approximate surface area is 150 Å². The van der Waals surface area contributed by atoms with Gasteiger partial charge in [-0.05, 0) is 72.2 Å². The highest BCUT2D eigenvalue weighted by Crippen LogP contribution is 2.36. The van der Waals surface area contributed by atoms with Gasteiger partial charge in [0.1, 0.15) is 0 Å². The van der Waals surface area contributed by atoms with E-state index in [0.29, 0.717) is 6.04 Å². The summed E-state index contributed by atoms with van der Waals surface area (Å²) in [5.74, 6) is 0. The van der Waals surface area contributed by atoms with Crippen molar-refractivity contribution < 1.29 is 9.31 Å². The van der Waals surface area contributed by atoms with Crippen molar-refractivity contribution in [1.82, 2.24) is 14.7 Å². The van der Waals surface area contributed by atoms with E-state index in [-0.39, 0.29) is 18.3 Å². The Hall–Kier alpha value is -1.37. The molecule has 2 saturated heterocycles. The minimum atomic E-state index is -0.324. The van der Waals surface area contributed by atoms with E-state index in [9.17, 15) is 0 Å². The van der Waals surface area contributed by atoms with Crippen LogP contribution in [0, 0.1) is 0 Å². The Morgan fingerprint density at radius 1 is 1.08 bits per heavy atom. The third-order valence-electron chi connectivity index (χ3n) is 6.18. The molecule has 1 aromatic heterocycles. The van der Waals surface area contributed by atoms with Crippen LogP contribution < -0.4 is 5.46 Å². The predicted octanol–water partition coefficient (Wildman–Crippen LogP) is 2.60. The summed E-state index contributed by atoms with van der Waals surface area (Å²) in [6.45, 7) is 10.6. The molecule has 25 heavy (non-hydrogen) atoms. The zero-order valence-electron chi connectivity index (χ0n) is 16.0. The molecule has 134 valence electrons. The first-order valence-corrected chi connectivity index (χ1v) is 9.28. The van der Waals surface area contributed by atoms with E-state index >= 15 is 0 Å². The molecule has 0 amide bonds. The monoisotopic (exact) mass is 341 g/mol. The number of piperidine rings is 1. The molecule has 0 N–H and O–H groups in total. The van der Waals surface area contributed by atoms with E-state index in [1.165, 1.54) is 10.9 Å². The number of rotatable bonds is 2. The van der Waals surface area contributed by atoms with Gasteiger partial charge in [0, 0.05) is 5.39 Å². The van der Waals surface area contributed by atoms with Crippen LogP contribution in [-0.4, -0.2) is 53.1 Å². The summed E-state index contributed by atoms with van der Waals surface area (Å²) >= 11 is 0. The largest absolute Gasteiger partial charge is 0.494 e. The lowest BCUT2D eigenvalue weighted by Crippen LogP contribution is -2.41. The molecule has 0 atom stereocenters. The molecule has 2 fully saturated rings. The summed E-state index contributed by atoms with van der Waals surface area (Å²) < 4.78 is 14.6. The van der Waals surface area contributed by atoms with Gasteiger partial charge < -0.3 is 14.2 Å². The first-order chi connectivity index (χ1) is 11.8. The predicted molar refractivity (Wildman–Crippen MR) is 101 cm³/mol. The number of hydrogen-bond acceptors (Lipinski definition) is 4. The number of aromatic nitrogens is 2. The third-order valence-corrected chi connectivity index (χ3v) is 6.18. The number of hydrogen-bond donors (Lipinski definition) is 0. The minimum absolute atomic E-state index is 0.319. The molecule has 5 nitrogen and oxygen atoms in total. The topological polar surface area (TPSA) is 39.5 Å². The highest BCUT2D eigenvalue weighted by molar-refractivity contribution is 6.62. The van der Waals surface area contributed by atoms with Crippen LogP contribution >= 0.6 is 0 Å². The molecule has 0 radical (unpaired) electrons. The van der Waals surface area contributed by atoms with Gasteiger partial charge in [-0.15, -0.1) is 0 Å². The molecule has 0 saturated carbocycles. The van der Waals surface area contributed by atoms with Crippen LogP contribution in [0.1, 0.15) is 46.6 Å². The van der Waals surface area contributed by atoms with Crippen molar-refractivity contribution in [2.24, 2.45) is 0 Å². The molecule has 0 aliphatic carbocycles. The molecule has 4 rings (SSSR count). The Morgan fingerprint density at radius 3 is 2.36 bits per heavy atom. The average molecular weight is 341 g/mol. The van der Waals surface area contributed by atoms with E-state index in [1.807, 2.05) is 6.20 Å². The zero-order chi connectivity index (χ0) is 17.8. The molecule has 0 spiro atoms. The maximum absolute atomic E-state index is 6.22. The van der Waals surface area contributed by atoms with Gasteiger partial charge >= 0.3 is 7.12 Å². The molecule has 6 heteroatoms. The van der Waals surface area contributed by atoms with Crippen molar-refractivity contribution in [3.63, 3.8) is 0 Å². The Kier molecular flexibility index (Phi) is 3.98. The molecular weight excluding hydrogens is 313 g/mol. The van der Waals surface area contributed by atoms with E-state index in [2.05, 4.69) is 67.6 Å². The fourth-order valence-electron chi connectivity index (χ4n) is 3.71. The number of benzene rings is 1. The molecule has 1 aromatic carbocycles. The van der Waals surface area contributed by atoms with Crippen LogP contribution in [-0.2, 0) is 9.31 Å². The van der Waals surface area contributed by atoms with Crippen molar-refractivity contribution in [1.29, 1.82) is 0 Å². The van der Waals surface area contributed by atoms with Crippen LogP contribution in [0.4, 0.5) is 0 Å². The first kappa shape index (κ1) is 17.1. The lowest BCUT2D eigenvalue weighted by Gasteiger charge is -2.32. The maximum atomic E-state index is 6.22. The van der Waals surface area contributed by atoms with Crippen LogP contribution in [0.3, 0.4) is 0 Å². The van der Waals surface area contributed by atoms with Gasteiger partial charge in [-0.1, -0.05) is 12.1 Å². The second-order valence-electron chi connectivity index (χ2n) is 8.53. The van der Waals surface area contributed by atoms with Gasteiger partial charge in [0.05, 0.1) is 29.0 Å². The second-order valence-corrected chi connectivity index (χ2v) is 8.53. The van der Waals surface area contributed by atoms with Gasteiger partial charge in [0.2, 0.25) is 0 Å². The minimum Gasteiger partial charge on any atom is -0.399 e. The maximum Gasteiger partial charge on any atom is 0.494 e. The molecule has 0 unspecified atom stereocenters. The lowest BCUT2D eigenvalue weighted by molar-refractivity contribution is 0.00578. The Bertz CT molecular complexity index is 762. The Morgan fingerprint density at radius 2 is 1.72 bits per heavy atom. The number of fused-ring (bicyclic) bond motifs is 1. The van der Waals surface area contributed by atoms with E-state index < -0.39 is 0 Å². The smallest absolute Gasteiger partial charge is 0.399 e. The third kappa shape index (κ3) is 2.90. The van der Waals surface area contributed by atoms with Crippen LogP contribution in [0.5, 0.6) is 0 Å². The second kappa shape index (κ2) is 5.83. The van der Waals surface area contributed by atoms with E-state index in [4.69, 9.17) is 9.31 Å². The van der Waals surface area contributed by atoms with Crippen LogP contribution in [0.25, 0.3) is 10.9 Å². The van der Waals surface area contributed by atoms with Crippen molar-refractivity contribution in [3.8, 4) is 0 Å². The van der Waals surface area contributed by atoms with E-state index in [0.717, 1.165) is 31.4 Å². The van der Waals surface area contributed by atoms with Gasteiger partial charge in [-0.2, -0.15) is 5.10 Å². The van der Waals surface area contributed by atoms with Crippen molar-refractivity contribution in [2.45, 2.75) is 57.8 Å².